The number of nitrogens with zero attached hydrogens (tertiary/aromatic N) is 3. The van der Waals surface area contributed by atoms with Crippen LogP contribution < -0.4 is 21.5 Å². The van der Waals surface area contributed by atoms with Crippen LogP contribution in [0.2, 0.25) is 0 Å². The zero-order chi connectivity index (χ0) is 18.2. The van der Waals surface area contributed by atoms with E-state index in [-0.39, 0.29) is 17.9 Å². The molecule has 2 rings (SSSR count). The molecule has 1 amide bonds. The number of amides is 1. The maximum absolute atomic E-state index is 12.4. The fraction of sp³-hybridized carbons (Fsp3) is 0.462. The van der Waals surface area contributed by atoms with Crippen LogP contribution in [-0.4, -0.2) is 53.8 Å². The average Bonchev–Trinajstić information content (AvgIpc) is 2.61. The van der Waals surface area contributed by atoms with Gasteiger partial charge in [-0.3, -0.25) is 23.6 Å². The number of methoxy groups -OCH3 is 2. The fourth-order valence-electron chi connectivity index (χ4n) is 2.55. The number of esters is 2. The SMILES string of the molecule is COC(=O)C1Nc2c(c(=O)n(C)c(=O)n2C)N(C=O)C1C(=O)OC. The van der Waals surface area contributed by atoms with E-state index in [0.717, 1.165) is 28.3 Å². The molecule has 1 N–H and O–H groups in total. The average molecular weight is 340 g/mol. The van der Waals surface area contributed by atoms with Crippen molar-refractivity contribution in [3.05, 3.63) is 20.8 Å². The Morgan fingerprint density at radius 2 is 1.67 bits per heavy atom. The third-order valence-corrected chi connectivity index (χ3v) is 3.82. The first-order valence-electron chi connectivity index (χ1n) is 6.76. The second-order valence-electron chi connectivity index (χ2n) is 5.03. The predicted molar refractivity (Wildman–Crippen MR) is 80.7 cm³/mol. The van der Waals surface area contributed by atoms with Gasteiger partial charge in [0.2, 0.25) is 6.41 Å². The summed E-state index contributed by atoms with van der Waals surface area (Å²) >= 11 is 0. The molecule has 0 aromatic carbocycles. The van der Waals surface area contributed by atoms with Crippen LogP contribution in [-0.2, 0) is 38.0 Å². The summed E-state index contributed by atoms with van der Waals surface area (Å²) in [4.78, 5) is 60.9. The Balaban J connectivity index is 2.82. The van der Waals surface area contributed by atoms with Gasteiger partial charge in [0.25, 0.3) is 5.56 Å². The fourth-order valence-corrected chi connectivity index (χ4v) is 2.55. The largest absolute Gasteiger partial charge is 0.467 e. The third-order valence-electron chi connectivity index (χ3n) is 3.82. The van der Waals surface area contributed by atoms with Crippen molar-refractivity contribution in [1.29, 1.82) is 0 Å². The summed E-state index contributed by atoms with van der Waals surface area (Å²) in [5.74, 6) is -1.87. The molecular formula is C13H16N4O7. The molecule has 1 aliphatic heterocycles. The molecule has 130 valence electrons. The molecule has 0 aliphatic carbocycles. The number of fused-ring (bicyclic) bond motifs is 1. The molecule has 24 heavy (non-hydrogen) atoms. The van der Waals surface area contributed by atoms with Crippen molar-refractivity contribution in [3.8, 4) is 0 Å². The van der Waals surface area contributed by atoms with E-state index in [1.54, 1.807) is 0 Å². The molecule has 1 aliphatic rings. The van der Waals surface area contributed by atoms with Crippen LogP contribution in [0.15, 0.2) is 9.59 Å². The van der Waals surface area contributed by atoms with Crippen molar-refractivity contribution in [3.63, 3.8) is 0 Å². The first kappa shape index (κ1) is 17.2. The van der Waals surface area contributed by atoms with Gasteiger partial charge in [-0.2, -0.15) is 0 Å². The molecule has 0 saturated carbocycles. The Hall–Kier alpha value is -3.11. The summed E-state index contributed by atoms with van der Waals surface area (Å²) in [6.45, 7) is 0. The lowest BCUT2D eigenvalue weighted by molar-refractivity contribution is -0.150. The van der Waals surface area contributed by atoms with E-state index < -0.39 is 35.3 Å². The van der Waals surface area contributed by atoms with Crippen molar-refractivity contribution in [1.82, 2.24) is 9.13 Å². The first-order chi connectivity index (χ1) is 11.3. The number of carbonyl (C=O) groups excluding carboxylic acids is 3. The van der Waals surface area contributed by atoms with E-state index >= 15 is 0 Å². The minimum Gasteiger partial charge on any atom is -0.467 e. The second-order valence-corrected chi connectivity index (χ2v) is 5.03. The molecule has 0 spiro atoms. The number of nitrogens with one attached hydrogen (secondary N) is 1. The Bertz CT molecular complexity index is 825. The van der Waals surface area contributed by atoms with Crippen molar-refractivity contribution in [2.45, 2.75) is 12.1 Å². The van der Waals surface area contributed by atoms with Crippen LogP contribution in [0.3, 0.4) is 0 Å². The smallest absolute Gasteiger partial charge is 0.332 e. The number of hydrogen-bond acceptors (Lipinski definition) is 8. The summed E-state index contributed by atoms with van der Waals surface area (Å²) in [6.07, 6.45) is 0.225. The van der Waals surface area contributed by atoms with Gasteiger partial charge in [-0.1, -0.05) is 0 Å². The Kier molecular flexibility index (Phi) is 4.44. The summed E-state index contributed by atoms with van der Waals surface area (Å²) in [5, 5.41) is 2.63. The molecule has 0 radical (unpaired) electrons. The van der Waals surface area contributed by atoms with Gasteiger partial charge in [-0.15, -0.1) is 0 Å². The molecule has 2 heterocycles. The lowest BCUT2D eigenvalue weighted by atomic mass is 10.0. The third kappa shape index (κ3) is 2.33. The highest BCUT2D eigenvalue weighted by Crippen LogP contribution is 2.29. The Morgan fingerprint density at radius 1 is 1.08 bits per heavy atom. The number of aromatic nitrogens is 2. The van der Waals surface area contributed by atoms with Gasteiger partial charge < -0.3 is 14.8 Å². The highest BCUT2D eigenvalue weighted by molar-refractivity contribution is 6.00. The van der Waals surface area contributed by atoms with Crippen LogP contribution in [0, 0.1) is 0 Å². The van der Waals surface area contributed by atoms with Crippen molar-refractivity contribution in [2.75, 3.05) is 24.4 Å². The van der Waals surface area contributed by atoms with E-state index in [0.29, 0.717) is 0 Å². The first-order valence-corrected chi connectivity index (χ1v) is 6.76. The van der Waals surface area contributed by atoms with E-state index in [9.17, 15) is 24.0 Å². The summed E-state index contributed by atoms with van der Waals surface area (Å²) < 4.78 is 11.1. The van der Waals surface area contributed by atoms with Crippen molar-refractivity contribution < 1.29 is 23.9 Å². The highest BCUT2D eigenvalue weighted by atomic mass is 16.5. The Morgan fingerprint density at radius 3 is 2.17 bits per heavy atom. The quantitative estimate of drug-likeness (QED) is 0.474. The lowest BCUT2D eigenvalue weighted by Crippen LogP contribution is -2.61. The van der Waals surface area contributed by atoms with E-state index in [1.807, 2.05) is 0 Å². The molecule has 1 aromatic heterocycles. The van der Waals surface area contributed by atoms with Crippen LogP contribution >= 0.6 is 0 Å². The maximum atomic E-state index is 12.4. The number of ether oxygens (including phenoxy) is 2. The second kappa shape index (κ2) is 6.18. The van der Waals surface area contributed by atoms with Crippen LogP contribution in [0.5, 0.6) is 0 Å². The summed E-state index contributed by atoms with van der Waals surface area (Å²) in [5.41, 5.74) is -1.72. The van der Waals surface area contributed by atoms with E-state index in [2.05, 4.69) is 14.8 Å². The van der Waals surface area contributed by atoms with Gasteiger partial charge in [0, 0.05) is 14.1 Å². The molecule has 0 fully saturated rings. The van der Waals surface area contributed by atoms with Gasteiger partial charge in [0.05, 0.1) is 14.2 Å². The molecule has 0 bridgehead atoms. The van der Waals surface area contributed by atoms with Gasteiger partial charge in [0.1, 0.15) is 5.82 Å². The standard InChI is InChI=1S/C13H16N4O7/c1-15-9-8(10(19)16(2)13(15)22)17(5-18)7(12(21)24-4)6(14-9)11(20)23-3/h5-7,14H,1-4H3. The molecular weight excluding hydrogens is 324 g/mol. The monoisotopic (exact) mass is 340 g/mol. The molecule has 0 saturated heterocycles. The molecule has 11 heteroatoms. The molecule has 11 nitrogen and oxygen atoms in total. The Labute approximate surface area is 135 Å². The highest BCUT2D eigenvalue weighted by Gasteiger charge is 2.46. The molecule has 1 aromatic rings. The summed E-state index contributed by atoms with van der Waals surface area (Å²) in [7, 11) is 4.76. The van der Waals surface area contributed by atoms with Crippen LogP contribution in [0.1, 0.15) is 0 Å². The molecule has 2 atom stereocenters. The zero-order valence-corrected chi connectivity index (χ0v) is 13.4. The predicted octanol–water partition coefficient (Wildman–Crippen LogP) is -2.44. The zero-order valence-electron chi connectivity index (χ0n) is 13.4. The van der Waals surface area contributed by atoms with Gasteiger partial charge in [0.15, 0.2) is 17.8 Å². The van der Waals surface area contributed by atoms with Gasteiger partial charge >= 0.3 is 17.6 Å². The molecule has 2 unspecified atom stereocenters. The van der Waals surface area contributed by atoms with Crippen LogP contribution in [0.4, 0.5) is 11.5 Å². The maximum Gasteiger partial charge on any atom is 0.332 e. The van der Waals surface area contributed by atoms with Crippen molar-refractivity contribution in [2.24, 2.45) is 14.1 Å². The lowest BCUT2D eigenvalue weighted by Gasteiger charge is -2.37. The minimum atomic E-state index is -1.46. The van der Waals surface area contributed by atoms with Crippen molar-refractivity contribution >= 4 is 29.9 Å². The number of hydrogen-bond donors (Lipinski definition) is 1. The minimum absolute atomic E-state index is 0.0780. The van der Waals surface area contributed by atoms with Gasteiger partial charge in [-0.25, -0.2) is 14.4 Å². The van der Waals surface area contributed by atoms with E-state index in [4.69, 9.17) is 0 Å². The number of carbonyl (C=O) groups is 3. The normalized spacial score (nSPS) is 19.1. The van der Waals surface area contributed by atoms with Gasteiger partial charge in [-0.05, 0) is 0 Å². The number of rotatable bonds is 3. The summed E-state index contributed by atoms with van der Waals surface area (Å²) in [6, 6.07) is -2.81. The van der Waals surface area contributed by atoms with E-state index in [1.165, 1.54) is 14.1 Å². The topological polar surface area (TPSA) is 129 Å². The number of anilines is 2. The van der Waals surface area contributed by atoms with Crippen LogP contribution in [0.25, 0.3) is 0 Å².